The van der Waals surface area contributed by atoms with Crippen molar-refractivity contribution in [3.05, 3.63) is 28.0 Å². The summed E-state index contributed by atoms with van der Waals surface area (Å²) in [6.45, 7) is 7.57. The lowest BCUT2D eigenvalue weighted by atomic mass is 9.84. The van der Waals surface area contributed by atoms with Gasteiger partial charge in [0.2, 0.25) is 12.3 Å². The number of hydroxylamine groups is 2. The Labute approximate surface area is 229 Å². The van der Waals surface area contributed by atoms with E-state index in [4.69, 9.17) is 4.42 Å². The van der Waals surface area contributed by atoms with Gasteiger partial charge in [-0.3, -0.25) is 29.7 Å². The van der Waals surface area contributed by atoms with Gasteiger partial charge in [0, 0.05) is 32.7 Å². The van der Waals surface area contributed by atoms with E-state index in [1.165, 1.54) is 25.0 Å². The lowest BCUT2D eigenvalue weighted by Gasteiger charge is -2.40. The molecule has 2 atom stereocenters. The van der Waals surface area contributed by atoms with Crippen LogP contribution >= 0.6 is 0 Å². The van der Waals surface area contributed by atoms with Crippen LogP contribution in [0.5, 0.6) is 0 Å². The van der Waals surface area contributed by atoms with Crippen LogP contribution in [0, 0.1) is 27.4 Å². The number of carbonyl (C=O) groups excluding carboxylic acids is 3. The topological polar surface area (TPSA) is 149 Å². The highest BCUT2D eigenvalue weighted by atomic mass is 16.6. The number of nitrogens with zero attached hydrogens (tertiary/aromatic N) is 4. The van der Waals surface area contributed by atoms with Gasteiger partial charge in [-0.2, -0.15) is 0 Å². The molecule has 12 nitrogen and oxygen atoms in total. The number of rotatable bonds is 12. The Morgan fingerprint density at radius 1 is 1.23 bits per heavy atom. The fourth-order valence-electron chi connectivity index (χ4n) is 5.83. The summed E-state index contributed by atoms with van der Waals surface area (Å²) in [5, 5.41) is 24.9. The summed E-state index contributed by atoms with van der Waals surface area (Å²) in [6.07, 6.45) is 7.21. The van der Waals surface area contributed by atoms with E-state index in [0.717, 1.165) is 19.3 Å². The van der Waals surface area contributed by atoms with E-state index in [2.05, 4.69) is 5.32 Å². The van der Waals surface area contributed by atoms with Gasteiger partial charge in [0.1, 0.15) is 4.92 Å². The zero-order valence-corrected chi connectivity index (χ0v) is 23.5. The molecule has 39 heavy (non-hydrogen) atoms. The van der Waals surface area contributed by atoms with Gasteiger partial charge in [-0.25, -0.2) is 5.06 Å². The molecule has 1 aromatic rings. The number of amides is 3. The van der Waals surface area contributed by atoms with E-state index in [1.807, 2.05) is 20.8 Å². The number of nitrogens with one attached hydrogen (secondary N) is 1. The lowest BCUT2D eigenvalue weighted by Crippen LogP contribution is -2.57. The highest BCUT2D eigenvalue weighted by molar-refractivity contribution is 5.91. The fraction of sp³-hybridized carbons (Fsp3) is 0.741. The molecule has 1 aliphatic heterocycles. The third-order valence-corrected chi connectivity index (χ3v) is 8.06. The Balaban J connectivity index is 1.59. The molecule has 3 rings (SSSR count). The van der Waals surface area contributed by atoms with Crippen molar-refractivity contribution in [3.8, 4) is 0 Å². The Morgan fingerprint density at radius 3 is 2.41 bits per heavy atom. The molecule has 0 radical (unpaired) electrons. The molecule has 0 bridgehead atoms. The van der Waals surface area contributed by atoms with Gasteiger partial charge >= 0.3 is 5.88 Å². The molecule has 1 aliphatic carbocycles. The van der Waals surface area contributed by atoms with Crippen LogP contribution in [-0.4, -0.2) is 88.5 Å². The molecule has 0 spiro atoms. The van der Waals surface area contributed by atoms with Gasteiger partial charge in [-0.15, -0.1) is 0 Å². The maximum Gasteiger partial charge on any atom is 0.433 e. The predicted octanol–water partition coefficient (Wildman–Crippen LogP) is 3.30. The van der Waals surface area contributed by atoms with Gasteiger partial charge in [-0.05, 0) is 42.6 Å². The first-order chi connectivity index (χ1) is 18.4. The van der Waals surface area contributed by atoms with E-state index in [9.17, 15) is 29.7 Å². The third kappa shape index (κ3) is 8.25. The molecule has 3 amide bonds. The van der Waals surface area contributed by atoms with E-state index in [-0.39, 0.29) is 35.6 Å². The number of hydrogen-bond donors (Lipinski definition) is 2. The van der Waals surface area contributed by atoms with Crippen LogP contribution in [-0.2, 0) is 9.59 Å². The number of nitro groups is 1. The maximum absolute atomic E-state index is 13.7. The number of hydrogen-bond acceptors (Lipinski definition) is 8. The van der Waals surface area contributed by atoms with Crippen LogP contribution in [0.2, 0.25) is 0 Å². The van der Waals surface area contributed by atoms with Crippen LogP contribution in [0.4, 0.5) is 5.88 Å². The van der Waals surface area contributed by atoms with Gasteiger partial charge in [0.05, 0.1) is 18.7 Å². The van der Waals surface area contributed by atoms with Crippen molar-refractivity contribution in [2.75, 3.05) is 33.2 Å². The van der Waals surface area contributed by atoms with Crippen LogP contribution < -0.4 is 5.32 Å². The quantitative estimate of drug-likeness (QED) is 0.175. The van der Waals surface area contributed by atoms with Gasteiger partial charge < -0.3 is 19.5 Å². The third-order valence-electron chi connectivity index (χ3n) is 8.06. The maximum atomic E-state index is 13.7. The van der Waals surface area contributed by atoms with E-state index >= 15 is 0 Å². The molecule has 218 valence electrons. The second-order valence-electron chi connectivity index (χ2n) is 12.1. The number of carbonyl (C=O) groups is 3. The van der Waals surface area contributed by atoms with E-state index < -0.39 is 22.8 Å². The summed E-state index contributed by atoms with van der Waals surface area (Å²) >= 11 is 0. The molecule has 2 N–H and O–H groups in total. The largest absolute Gasteiger partial charge is 0.433 e. The van der Waals surface area contributed by atoms with Gasteiger partial charge in [-0.1, -0.05) is 46.5 Å². The summed E-state index contributed by atoms with van der Waals surface area (Å²) in [5.41, 5.74) is -0.377. The first kappa shape index (κ1) is 30.6. The molecular weight excluding hydrogens is 506 g/mol. The Morgan fingerprint density at radius 2 is 1.87 bits per heavy atom. The molecule has 2 aliphatic rings. The van der Waals surface area contributed by atoms with Crippen LogP contribution in [0.25, 0.3) is 0 Å². The molecule has 2 heterocycles. The minimum atomic E-state index is -0.678. The van der Waals surface area contributed by atoms with Crippen molar-refractivity contribution in [1.29, 1.82) is 0 Å². The number of likely N-dealkylation sites (tertiary alicyclic amines) is 1. The van der Waals surface area contributed by atoms with Crippen LogP contribution in [0.3, 0.4) is 0 Å². The van der Waals surface area contributed by atoms with Crippen molar-refractivity contribution in [2.45, 2.75) is 77.8 Å². The Bertz CT molecular complexity index is 993. The molecule has 1 saturated carbocycles. The van der Waals surface area contributed by atoms with Crippen LogP contribution in [0.15, 0.2) is 16.5 Å². The first-order valence-electron chi connectivity index (χ1n) is 13.8. The molecule has 0 aromatic carbocycles. The van der Waals surface area contributed by atoms with Crippen molar-refractivity contribution in [3.63, 3.8) is 0 Å². The zero-order valence-electron chi connectivity index (χ0n) is 23.5. The van der Waals surface area contributed by atoms with Crippen LogP contribution in [0.1, 0.15) is 76.3 Å². The molecular formula is C27H43N5O7. The summed E-state index contributed by atoms with van der Waals surface area (Å²) < 4.78 is 5.06. The summed E-state index contributed by atoms with van der Waals surface area (Å²) in [4.78, 5) is 51.0. The molecule has 12 heteroatoms. The van der Waals surface area contributed by atoms with Crippen molar-refractivity contribution in [1.82, 2.24) is 20.2 Å². The summed E-state index contributed by atoms with van der Waals surface area (Å²) in [7, 11) is 1.79. The minimum absolute atomic E-state index is 0.0259. The molecule has 1 aromatic heterocycles. The van der Waals surface area contributed by atoms with Crippen molar-refractivity contribution < 1.29 is 28.9 Å². The summed E-state index contributed by atoms with van der Waals surface area (Å²) in [6, 6.07) is 1.95. The molecule has 0 unspecified atom stereocenters. The number of piperidine rings is 1. The zero-order chi connectivity index (χ0) is 28.7. The van der Waals surface area contributed by atoms with Crippen molar-refractivity contribution >= 4 is 24.1 Å². The van der Waals surface area contributed by atoms with Gasteiger partial charge in [0.15, 0.2) is 5.76 Å². The highest BCUT2D eigenvalue weighted by Crippen LogP contribution is 2.31. The van der Waals surface area contributed by atoms with Gasteiger partial charge in [0.25, 0.3) is 5.91 Å². The predicted molar refractivity (Wildman–Crippen MR) is 143 cm³/mol. The smallest absolute Gasteiger partial charge is 0.395 e. The normalized spacial score (nSPS) is 18.5. The van der Waals surface area contributed by atoms with E-state index in [1.54, 1.807) is 16.8 Å². The number of furan rings is 1. The monoisotopic (exact) mass is 549 g/mol. The molecule has 1 saturated heterocycles. The second kappa shape index (κ2) is 13.4. The highest BCUT2D eigenvalue weighted by Gasteiger charge is 2.37. The van der Waals surface area contributed by atoms with E-state index in [0.29, 0.717) is 49.9 Å². The first-order valence-corrected chi connectivity index (χ1v) is 13.8. The fourth-order valence-corrected chi connectivity index (χ4v) is 5.83. The average molecular weight is 550 g/mol. The van der Waals surface area contributed by atoms with Crippen molar-refractivity contribution in [2.24, 2.45) is 17.3 Å². The SMILES string of the molecule is CN(C(=O)[C@@H](NC[C@H](CC1CCCC1)CN(O)C=O)C(C)(C)C)C1CCN(C(=O)c2ccc([N+](=O)[O-])o2)CC1. The molecule has 2 fully saturated rings. The Hall–Kier alpha value is -2.99. The standard InChI is InChI=1S/C27H43N5O7/c1-27(2,3)24(28-16-20(17-31(36)18-33)15-19-7-5-6-8-19)26(35)29(4)21-11-13-30(14-12-21)25(34)22-9-10-23(39-22)32(37)38/h9-10,18-21,24,28,36H,5-8,11-17H2,1-4H3/t20-,24+/m0/s1. The second-order valence-corrected chi connectivity index (χ2v) is 12.1. The minimum Gasteiger partial charge on any atom is -0.395 e. The Kier molecular flexibility index (Phi) is 10.5. The summed E-state index contributed by atoms with van der Waals surface area (Å²) in [5.74, 6) is -0.370. The lowest BCUT2D eigenvalue weighted by molar-refractivity contribution is -0.402. The number of likely N-dealkylation sites (N-methyl/N-ethyl adjacent to an activating group) is 1. The average Bonchev–Trinajstić information content (AvgIpc) is 3.59.